The van der Waals surface area contributed by atoms with Crippen molar-refractivity contribution in [1.82, 2.24) is 14.8 Å². The molecule has 2 aromatic rings. The molecule has 0 radical (unpaired) electrons. The highest BCUT2D eigenvalue weighted by Crippen LogP contribution is 2.22. The lowest BCUT2D eigenvalue weighted by molar-refractivity contribution is -0.385. The molecule has 0 aliphatic rings. The molecule has 2 rings (SSSR count). The van der Waals surface area contributed by atoms with Gasteiger partial charge in [-0.2, -0.15) is 10.4 Å². The molecule has 0 atom stereocenters. The Hall–Kier alpha value is -3.44. The molecule has 0 aliphatic carbocycles. The SMILES string of the molecule is N#Cc1cnn(-c2ccc([N+](=O)[O-])cn2)c1N=[N+]=[N-]. The Balaban J connectivity index is 2.53. The summed E-state index contributed by atoms with van der Waals surface area (Å²) in [6, 6.07) is 4.38. The minimum Gasteiger partial charge on any atom is -0.258 e. The Morgan fingerprint density at radius 3 is 2.84 bits per heavy atom. The lowest BCUT2D eigenvalue weighted by Gasteiger charge is -2.01. The van der Waals surface area contributed by atoms with E-state index in [1.54, 1.807) is 0 Å². The molecule has 0 fully saturated rings. The van der Waals surface area contributed by atoms with Crippen molar-refractivity contribution < 1.29 is 4.92 Å². The van der Waals surface area contributed by atoms with Gasteiger partial charge in [0.05, 0.1) is 11.1 Å². The van der Waals surface area contributed by atoms with Crippen molar-refractivity contribution in [3.63, 3.8) is 0 Å². The normalized spacial score (nSPS) is 9.42. The maximum absolute atomic E-state index is 10.5. The highest BCUT2D eigenvalue weighted by atomic mass is 16.6. The Morgan fingerprint density at radius 1 is 1.53 bits per heavy atom. The Kier molecular flexibility index (Phi) is 3.05. The third kappa shape index (κ3) is 2.17. The highest BCUT2D eigenvalue weighted by molar-refractivity contribution is 5.51. The molecule has 0 saturated heterocycles. The molecular weight excluding hydrogens is 252 g/mol. The molecule has 92 valence electrons. The van der Waals surface area contributed by atoms with E-state index in [9.17, 15) is 10.1 Å². The molecule has 0 N–H and O–H groups in total. The van der Waals surface area contributed by atoms with Crippen molar-refractivity contribution in [2.45, 2.75) is 0 Å². The van der Waals surface area contributed by atoms with E-state index >= 15 is 0 Å². The van der Waals surface area contributed by atoms with Crippen LogP contribution in [0.2, 0.25) is 0 Å². The summed E-state index contributed by atoms with van der Waals surface area (Å²) >= 11 is 0. The van der Waals surface area contributed by atoms with E-state index < -0.39 is 4.92 Å². The minimum atomic E-state index is -0.588. The van der Waals surface area contributed by atoms with Crippen LogP contribution in [0, 0.1) is 21.4 Å². The molecule has 0 aliphatic heterocycles. The maximum atomic E-state index is 10.5. The first-order chi connectivity index (χ1) is 9.17. The molecule has 0 saturated carbocycles. The van der Waals surface area contributed by atoms with E-state index in [-0.39, 0.29) is 22.9 Å². The summed E-state index contributed by atoms with van der Waals surface area (Å²) in [5, 5.41) is 26.5. The number of hydrogen-bond donors (Lipinski definition) is 0. The number of nitrogens with zero attached hydrogens (tertiary/aromatic N) is 8. The molecule has 2 aromatic heterocycles. The molecular formula is C9H4N8O2. The van der Waals surface area contributed by atoms with Crippen molar-refractivity contribution in [3.05, 3.63) is 50.6 Å². The number of nitriles is 1. The number of rotatable bonds is 3. The van der Waals surface area contributed by atoms with Gasteiger partial charge in [-0.3, -0.25) is 10.1 Å². The smallest absolute Gasteiger partial charge is 0.258 e. The van der Waals surface area contributed by atoms with E-state index in [2.05, 4.69) is 20.1 Å². The van der Waals surface area contributed by atoms with E-state index in [1.807, 2.05) is 6.07 Å². The molecule has 10 heteroatoms. The van der Waals surface area contributed by atoms with Crippen LogP contribution in [-0.2, 0) is 0 Å². The van der Waals surface area contributed by atoms with E-state index in [0.29, 0.717) is 0 Å². The van der Waals surface area contributed by atoms with Gasteiger partial charge in [0.15, 0.2) is 5.82 Å². The molecule has 0 bridgehead atoms. The zero-order valence-electron chi connectivity index (χ0n) is 9.20. The van der Waals surface area contributed by atoms with Gasteiger partial charge in [0.25, 0.3) is 5.69 Å². The lowest BCUT2D eigenvalue weighted by atomic mass is 10.3. The monoisotopic (exact) mass is 256 g/mol. The number of azide groups is 1. The second-order valence-corrected chi connectivity index (χ2v) is 3.23. The Bertz CT molecular complexity index is 720. The van der Waals surface area contributed by atoms with Crippen molar-refractivity contribution in [1.29, 1.82) is 5.26 Å². The van der Waals surface area contributed by atoms with Crippen LogP contribution in [0.25, 0.3) is 16.3 Å². The van der Waals surface area contributed by atoms with Crippen LogP contribution < -0.4 is 0 Å². The maximum Gasteiger partial charge on any atom is 0.287 e. The molecule has 0 spiro atoms. The molecule has 10 nitrogen and oxygen atoms in total. The van der Waals surface area contributed by atoms with Crippen LogP contribution in [0.3, 0.4) is 0 Å². The minimum absolute atomic E-state index is 0.0219. The fourth-order valence-electron chi connectivity index (χ4n) is 1.34. The first-order valence-electron chi connectivity index (χ1n) is 4.81. The number of pyridine rings is 1. The van der Waals surface area contributed by atoms with Gasteiger partial charge in [0, 0.05) is 11.0 Å². The summed E-state index contributed by atoms with van der Waals surface area (Å²) in [5.74, 6) is 0.181. The van der Waals surface area contributed by atoms with Gasteiger partial charge < -0.3 is 0 Å². The van der Waals surface area contributed by atoms with Crippen LogP contribution >= 0.6 is 0 Å². The molecule has 0 unspecified atom stereocenters. The van der Waals surface area contributed by atoms with E-state index in [1.165, 1.54) is 18.3 Å². The topological polar surface area (TPSA) is 146 Å². The zero-order valence-corrected chi connectivity index (χ0v) is 9.20. The zero-order chi connectivity index (χ0) is 13.8. The third-order valence-electron chi connectivity index (χ3n) is 2.16. The summed E-state index contributed by atoms with van der Waals surface area (Å²) in [6.07, 6.45) is 2.26. The average molecular weight is 256 g/mol. The largest absolute Gasteiger partial charge is 0.287 e. The van der Waals surface area contributed by atoms with Crippen LogP contribution in [0.15, 0.2) is 29.6 Å². The van der Waals surface area contributed by atoms with E-state index in [0.717, 1.165) is 10.9 Å². The van der Waals surface area contributed by atoms with Crippen LogP contribution in [-0.4, -0.2) is 19.7 Å². The third-order valence-corrected chi connectivity index (χ3v) is 2.16. The second kappa shape index (κ2) is 4.82. The summed E-state index contributed by atoms with van der Waals surface area (Å²) in [6.45, 7) is 0. The summed E-state index contributed by atoms with van der Waals surface area (Å²) in [4.78, 5) is 16.3. The fraction of sp³-hybridized carbons (Fsp3) is 0. The van der Waals surface area contributed by atoms with Gasteiger partial charge in [0.2, 0.25) is 0 Å². The lowest BCUT2D eigenvalue weighted by Crippen LogP contribution is -1.99. The van der Waals surface area contributed by atoms with Gasteiger partial charge in [-0.25, -0.2) is 9.67 Å². The Morgan fingerprint density at radius 2 is 2.32 bits per heavy atom. The van der Waals surface area contributed by atoms with Gasteiger partial charge in [-0.15, -0.1) is 0 Å². The van der Waals surface area contributed by atoms with Gasteiger partial charge in [0.1, 0.15) is 23.6 Å². The second-order valence-electron chi connectivity index (χ2n) is 3.23. The van der Waals surface area contributed by atoms with E-state index in [4.69, 9.17) is 10.8 Å². The average Bonchev–Trinajstić information content (AvgIpc) is 2.82. The fourth-order valence-corrected chi connectivity index (χ4v) is 1.34. The highest BCUT2D eigenvalue weighted by Gasteiger charge is 2.13. The predicted octanol–water partition coefficient (Wildman–Crippen LogP) is 1.99. The summed E-state index contributed by atoms with van der Waals surface area (Å²) in [7, 11) is 0. The first kappa shape index (κ1) is 12.0. The quantitative estimate of drug-likeness (QED) is 0.271. The predicted molar refractivity (Wildman–Crippen MR) is 61.5 cm³/mol. The van der Waals surface area contributed by atoms with Crippen molar-refractivity contribution >= 4 is 11.5 Å². The van der Waals surface area contributed by atoms with Gasteiger partial charge in [-0.05, 0) is 16.7 Å². The van der Waals surface area contributed by atoms with Crippen molar-refractivity contribution in [3.8, 4) is 11.9 Å². The first-order valence-corrected chi connectivity index (χ1v) is 4.81. The molecule has 0 amide bonds. The summed E-state index contributed by atoms with van der Waals surface area (Å²) < 4.78 is 1.13. The molecule has 2 heterocycles. The van der Waals surface area contributed by atoms with Gasteiger partial charge >= 0.3 is 0 Å². The standard InChI is InChI=1S/C9H4N8O2/c10-3-6-4-13-16(9(6)14-15-11)8-2-1-7(5-12-8)17(18)19/h1-2,4-5H. The van der Waals surface area contributed by atoms with Crippen molar-refractivity contribution in [2.75, 3.05) is 0 Å². The number of aromatic nitrogens is 3. The van der Waals surface area contributed by atoms with Crippen LogP contribution in [0.4, 0.5) is 11.5 Å². The summed E-state index contributed by atoms with van der Waals surface area (Å²) in [5.41, 5.74) is 8.35. The molecule has 0 aromatic carbocycles. The Labute approximate surface area is 105 Å². The van der Waals surface area contributed by atoms with Gasteiger partial charge in [-0.1, -0.05) is 0 Å². The number of hydrogen-bond acceptors (Lipinski definition) is 6. The number of nitro groups is 1. The van der Waals surface area contributed by atoms with Crippen LogP contribution in [0.1, 0.15) is 5.56 Å². The van der Waals surface area contributed by atoms with Crippen LogP contribution in [0.5, 0.6) is 0 Å². The molecule has 19 heavy (non-hydrogen) atoms. The van der Waals surface area contributed by atoms with Crippen molar-refractivity contribution in [2.24, 2.45) is 5.11 Å².